The number of halogens is 3. The first-order valence-corrected chi connectivity index (χ1v) is 12.0. The summed E-state index contributed by atoms with van der Waals surface area (Å²) in [4.78, 5) is 51.3. The Morgan fingerprint density at radius 1 is 1.00 bits per heavy atom. The van der Waals surface area contributed by atoms with Gasteiger partial charge in [0.1, 0.15) is 0 Å². The Morgan fingerprint density at radius 2 is 1.55 bits per heavy atom. The molecule has 2 bridgehead atoms. The molecule has 2 amide bonds. The third kappa shape index (κ3) is 3.74. The number of alkyl halides is 2. The average molecular weight is 592 g/mol. The van der Waals surface area contributed by atoms with E-state index >= 15 is 0 Å². The summed E-state index contributed by atoms with van der Waals surface area (Å²) in [7, 11) is 0. The molecular formula is C20H18Br3NO5. The van der Waals surface area contributed by atoms with Gasteiger partial charge in [-0.25, -0.2) is 0 Å². The Labute approximate surface area is 193 Å². The van der Waals surface area contributed by atoms with Gasteiger partial charge in [-0.1, -0.05) is 59.9 Å². The minimum atomic E-state index is -0.604. The fourth-order valence-electron chi connectivity index (χ4n) is 4.77. The maximum absolute atomic E-state index is 12.8. The summed E-state index contributed by atoms with van der Waals surface area (Å²) in [5, 5.41) is 0. The fraction of sp³-hybridized carbons (Fsp3) is 0.500. The third-order valence-corrected chi connectivity index (χ3v) is 9.88. The minimum absolute atomic E-state index is 0.00464. The van der Waals surface area contributed by atoms with Crippen molar-refractivity contribution in [1.82, 2.24) is 4.90 Å². The molecule has 29 heavy (non-hydrogen) atoms. The predicted molar refractivity (Wildman–Crippen MR) is 115 cm³/mol. The first-order valence-electron chi connectivity index (χ1n) is 9.37. The number of amides is 2. The van der Waals surface area contributed by atoms with Gasteiger partial charge in [0.05, 0.1) is 18.3 Å². The van der Waals surface area contributed by atoms with Gasteiger partial charge in [0.2, 0.25) is 11.8 Å². The van der Waals surface area contributed by atoms with Gasteiger partial charge in [-0.3, -0.25) is 24.1 Å². The highest BCUT2D eigenvalue weighted by Gasteiger charge is 2.66. The molecule has 1 aromatic rings. The van der Waals surface area contributed by atoms with E-state index in [1.807, 2.05) is 0 Å². The molecule has 154 valence electrons. The number of hydrogen-bond acceptors (Lipinski definition) is 5. The molecule has 9 heteroatoms. The highest BCUT2D eigenvalue weighted by molar-refractivity contribution is 9.12. The molecule has 0 radical (unpaired) electrons. The number of carbonyl (C=O) groups is 4. The Morgan fingerprint density at radius 3 is 2.10 bits per heavy atom. The molecule has 2 saturated carbocycles. The van der Waals surface area contributed by atoms with Crippen molar-refractivity contribution in [3.05, 3.63) is 34.3 Å². The van der Waals surface area contributed by atoms with Crippen LogP contribution < -0.4 is 0 Å². The van der Waals surface area contributed by atoms with Crippen LogP contribution in [0.15, 0.2) is 28.7 Å². The number of carbonyl (C=O) groups excluding carboxylic acids is 4. The molecule has 0 unspecified atom stereocenters. The molecule has 3 fully saturated rings. The summed E-state index contributed by atoms with van der Waals surface area (Å²) in [6.45, 7) is -0.371. The van der Waals surface area contributed by atoms with Crippen LogP contribution in [-0.4, -0.2) is 51.3 Å². The van der Waals surface area contributed by atoms with Crippen LogP contribution in [0.2, 0.25) is 0 Å². The number of fused-ring (bicyclic) bond motifs is 5. The summed E-state index contributed by atoms with van der Waals surface area (Å²) >= 11 is 10.6. The Kier molecular flexibility index (Phi) is 6.01. The molecule has 4 rings (SSSR count). The summed E-state index contributed by atoms with van der Waals surface area (Å²) in [6.07, 6.45) is 0.752. The third-order valence-electron chi connectivity index (χ3n) is 6.15. The van der Waals surface area contributed by atoms with E-state index < -0.39 is 5.97 Å². The van der Waals surface area contributed by atoms with E-state index in [0.717, 1.165) is 10.9 Å². The SMILES string of the molecule is O=C(CCN1C(=O)[C@H]2[C@@H]3C[C@H]([C@@H](Br)[C@H]3Br)[C@@H]2C1=O)OCC(=O)c1ccc(Br)cc1. The molecule has 1 aromatic carbocycles. The van der Waals surface area contributed by atoms with Crippen LogP contribution in [0.1, 0.15) is 23.2 Å². The maximum Gasteiger partial charge on any atom is 0.308 e. The zero-order chi connectivity index (χ0) is 20.9. The number of Topliss-reactive ketones (excluding diaryl/α,β-unsaturated/α-hetero) is 1. The van der Waals surface area contributed by atoms with E-state index in [1.54, 1.807) is 24.3 Å². The van der Waals surface area contributed by atoms with Crippen molar-refractivity contribution in [3.63, 3.8) is 0 Å². The van der Waals surface area contributed by atoms with E-state index in [-0.39, 0.29) is 70.5 Å². The summed E-state index contributed by atoms with van der Waals surface area (Å²) < 4.78 is 5.89. The Bertz CT molecular complexity index is 841. The van der Waals surface area contributed by atoms with E-state index in [4.69, 9.17) is 4.74 Å². The molecule has 0 spiro atoms. The average Bonchev–Trinajstić information content (AvgIpc) is 3.30. The van der Waals surface area contributed by atoms with Gasteiger partial charge in [-0.05, 0) is 30.4 Å². The molecule has 6 nitrogen and oxygen atoms in total. The lowest BCUT2D eigenvalue weighted by Crippen LogP contribution is -2.37. The predicted octanol–water partition coefficient (Wildman–Crippen LogP) is 3.34. The van der Waals surface area contributed by atoms with Crippen molar-refractivity contribution >= 4 is 71.4 Å². The van der Waals surface area contributed by atoms with Crippen LogP contribution in [0.5, 0.6) is 0 Å². The van der Waals surface area contributed by atoms with Gasteiger partial charge in [-0.15, -0.1) is 0 Å². The molecule has 3 aliphatic rings. The normalized spacial score (nSPS) is 32.6. The second kappa shape index (κ2) is 8.23. The highest BCUT2D eigenvalue weighted by atomic mass is 79.9. The van der Waals surface area contributed by atoms with Crippen LogP contribution >= 0.6 is 47.8 Å². The van der Waals surface area contributed by atoms with Gasteiger partial charge in [0.15, 0.2) is 12.4 Å². The number of ether oxygens (including phenoxy) is 1. The monoisotopic (exact) mass is 589 g/mol. The van der Waals surface area contributed by atoms with Crippen LogP contribution in [0.25, 0.3) is 0 Å². The Hall–Kier alpha value is -1.06. The number of nitrogens with zero attached hydrogens (tertiary/aromatic N) is 1. The summed E-state index contributed by atoms with van der Waals surface area (Å²) in [6, 6.07) is 6.75. The fourth-order valence-corrected chi connectivity index (χ4v) is 6.91. The first-order chi connectivity index (χ1) is 13.8. The highest BCUT2D eigenvalue weighted by Crippen LogP contribution is 2.60. The van der Waals surface area contributed by atoms with Crippen LogP contribution in [0.3, 0.4) is 0 Å². The van der Waals surface area contributed by atoms with E-state index in [9.17, 15) is 19.2 Å². The van der Waals surface area contributed by atoms with Gasteiger partial charge in [0, 0.05) is 26.2 Å². The zero-order valence-corrected chi connectivity index (χ0v) is 20.0. The van der Waals surface area contributed by atoms with E-state index in [2.05, 4.69) is 47.8 Å². The number of imide groups is 1. The zero-order valence-electron chi connectivity index (χ0n) is 15.2. The lowest BCUT2D eigenvalue weighted by molar-refractivity contribution is -0.145. The molecule has 6 atom stereocenters. The lowest BCUT2D eigenvalue weighted by atomic mass is 9.81. The van der Waals surface area contributed by atoms with Crippen LogP contribution in [0.4, 0.5) is 0 Å². The van der Waals surface area contributed by atoms with Crippen molar-refractivity contribution in [1.29, 1.82) is 0 Å². The second-order valence-corrected chi connectivity index (χ2v) is 10.7. The number of ketones is 1. The number of benzene rings is 1. The molecule has 1 aliphatic heterocycles. The van der Waals surface area contributed by atoms with Crippen molar-refractivity contribution in [2.45, 2.75) is 22.5 Å². The second-order valence-electron chi connectivity index (χ2n) is 7.67. The first kappa shape index (κ1) is 21.2. The van der Waals surface area contributed by atoms with Crippen molar-refractivity contribution in [2.75, 3.05) is 13.2 Å². The molecule has 2 aliphatic carbocycles. The smallest absolute Gasteiger partial charge is 0.308 e. The largest absolute Gasteiger partial charge is 0.457 e. The van der Waals surface area contributed by atoms with Crippen LogP contribution in [0, 0.1) is 23.7 Å². The van der Waals surface area contributed by atoms with E-state index in [0.29, 0.717) is 5.56 Å². The summed E-state index contributed by atoms with van der Waals surface area (Å²) in [5.74, 6) is -1.58. The molecule has 1 heterocycles. The van der Waals surface area contributed by atoms with Gasteiger partial charge >= 0.3 is 5.97 Å². The van der Waals surface area contributed by atoms with Crippen molar-refractivity contribution < 1.29 is 23.9 Å². The van der Waals surface area contributed by atoms with Gasteiger partial charge in [-0.2, -0.15) is 0 Å². The molecule has 1 saturated heterocycles. The van der Waals surface area contributed by atoms with Crippen molar-refractivity contribution in [3.8, 4) is 0 Å². The number of rotatable bonds is 6. The number of hydrogen-bond donors (Lipinski definition) is 0. The topological polar surface area (TPSA) is 80.8 Å². The maximum atomic E-state index is 12.8. The van der Waals surface area contributed by atoms with Crippen molar-refractivity contribution in [2.24, 2.45) is 23.7 Å². The van der Waals surface area contributed by atoms with E-state index in [1.165, 1.54) is 4.90 Å². The molecular weight excluding hydrogens is 574 g/mol. The standard InChI is InChI=1S/C20H18Br3NO5/c21-10-3-1-9(2-4-10)13(25)8-29-14(26)5-6-24-19(27)15-11-7-12(16(15)20(24)28)18(23)17(11)22/h1-4,11-12,15-18H,5-8H2/t11-,12-,15-,16-,17-,18+/m0/s1. The quantitative estimate of drug-likeness (QED) is 0.219. The lowest BCUT2D eigenvalue weighted by Gasteiger charge is -2.28. The molecule has 0 N–H and O–H groups in total. The Balaban J connectivity index is 1.30. The van der Waals surface area contributed by atoms with Crippen LogP contribution in [-0.2, 0) is 19.1 Å². The molecule has 0 aromatic heterocycles. The number of esters is 1. The summed E-state index contributed by atoms with van der Waals surface area (Å²) in [5.41, 5.74) is 0.447. The number of likely N-dealkylation sites (tertiary alicyclic amines) is 1. The van der Waals surface area contributed by atoms with Gasteiger partial charge in [0.25, 0.3) is 0 Å². The van der Waals surface area contributed by atoms with Gasteiger partial charge < -0.3 is 4.74 Å². The minimum Gasteiger partial charge on any atom is -0.457 e.